The Morgan fingerprint density at radius 2 is 2.06 bits per heavy atom. The zero-order valence-electron chi connectivity index (χ0n) is 17.3. The fraction of sp³-hybridized carbons (Fsp3) is 0.182. The molecular weight excluding hydrogens is 509 g/mol. The molecule has 1 unspecified atom stereocenters. The van der Waals surface area contributed by atoms with Gasteiger partial charge in [0.15, 0.2) is 5.17 Å². The number of alkyl halides is 3. The molecule has 1 aliphatic rings. The number of anilines is 1. The van der Waals surface area contributed by atoms with E-state index in [4.69, 9.17) is 11.6 Å². The van der Waals surface area contributed by atoms with Gasteiger partial charge in [-0.1, -0.05) is 52.9 Å². The summed E-state index contributed by atoms with van der Waals surface area (Å²) in [4.78, 5) is 35.8. The van der Waals surface area contributed by atoms with Gasteiger partial charge < -0.3 is 5.32 Å². The third-order valence-electron chi connectivity index (χ3n) is 4.74. The number of fused-ring (bicyclic) bond motifs is 1. The molecule has 0 bridgehead atoms. The van der Waals surface area contributed by atoms with E-state index in [1.165, 1.54) is 28.4 Å². The van der Waals surface area contributed by atoms with Crippen LogP contribution in [0.25, 0.3) is 10.2 Å². The zero-order valence-corrected chi connectivity index (χ0v) is 19.7. The van der Waals surface area contributed by atoms with Crippen molar-refractivity contribution >= 4 is 72.7 Å². The summed E-state index contributed by atoms with van der Waals surface area (Å²) in [6.45, 7) is 3.82. The lowest BCUT2D eigenvalue weighted by molar-refractivity contribution is -0.137. The number of carbonyl (C=O) groups is 2. The van der Waals surface area contributed by atoms with Crippen molar-refractivity contribution in [2.24, 2.45) is 4.99 Å². The molecular formula is C22H16ClF3N4O2S2. The second-order valence-corrected chi connectivity index (χ2v) is 9.76. The van der Waals surface area contributed by atoms with Crippen LogP contribution in [-0.2, 0) is 15.8 Å². The zero-order chi connectivity index (χ0) is 24.5. The van der Waals surface area contributed by atoms with Crippen molar-refractivity contribution < 1.29 is 22.8 Å². The van der Waals surface area contributed by atoms with Gasteiger partial charge in [0.1, 0.15) is 5.25 Å². The highest BCUT2D eigenvalue weighted by atomic mass is 35.5. The van der Waals surface area contributed by atoms with E-state index in [1.807, 2.05) is 24.3 Å². The normalized spacial score (nSPS) is 17.5. The van der Waals surface area contributed by atoms with E-state index in [0.717, 1.165) is 34.1 Å². The van der Waals surface area contributed by atoms with Gasteiger partial charge in [0.25, 0.3) is 0 Å². The number of nitrogens with zero attached hydrogens (tertiary/aromatic N) is 3. The minimum atomic E-state index is -4.71. The van der Waals surface area contributed by atoms with E-state index in [0.29, 0.717) is 10.3 Å². The number of rotatable bonds is 6. The van der Waals surface area contributed by atoms with Crippen LogP contribution < -0.4 is 5.32 Å². The molecule has 2 heterocycles. The van der Waals surface area contributed by atoms with Crippen LogP contribution >= 0.6 is 34.7 Å². The minimum Gasteiger partial charge on any atom is -0.325 e. The smallest absolute Gasteiger partial charge is 0.325 e. The van der Waals surface area contributed by atoms with Gasteiger partial charge in [-0.3, -0.25) is 14.5 Å². The molecule has 0 spiro atoms. The predicted octanol–water partition coefficient (Wildman–Crippen LogP) is 6.11. The molecule has 1 N–H and O–H groups in total. The quantitative estimate of drug-likeness (QED) is 0.394. The van der Waals surface area contributed by atoms with Crippen molar-refractivity contribution in [3.05, 3.63) is 65.7 Å². The SMILES string of the molecule is C=CCN1C(=O)C(CC(=O)Nc2ccc(Cl)cc2C(F)(F)F)SC1=Nc1nc2ccccc2s1. The second-order valence-electron chi connectivity index (χ2n) is 7.14. The monoisotopic (exact) mass is 524 g/mol. The molecule has 0 saturated carbocycles. The first-order chi connectivity index (χ1) is 16.2. The van der Waals surface area contributed by atoms with Gasteiger partial charge in [-0.05, 0) is 30.3 Å². The van der Waals surface area contributed by atoms with Gasteiger partial charge in [0.05, 0.1) is 21.5 Å². The van der Waals surface area contributed by atoms with Gasteiger partial charge in [0.2, 0.25) is 16.9 Å². The summed E-state index contributed by atoms with van der Waals surface area (Å²) in [6.07, 6.45) is -3.52. The summed E-state index contributed by atoms with van der Waals surface area (Å²) in [7, 11) is 0. The Hall–Kier alpha value is -2.89. The van der Waals surface area contributed by atoms with Gasteiger partial charge in [-0.2, -0.15) is 18.2 Å². The molecule has 1 fully saturated rings. The average molecular weight is 525 g/mol. The van der Waals surface area contributed by atoms with Crippen molar-refractivity contribution in [3.63, 3.8) is 0 Å². The summed E-state index contributed by atoms with van der Waals surface area (Å²) >= 11 is 8.10. The average Bonchev–Trinajstić information content (AvgIpc) is 3.30. The molecule has 176 valence electrons. The van der Waals surface area contributed by atoms with Gasteiger partial charge in [-0.25, -0.2) is 4.98 Å². The van der Waals surface area contributed by atoms with Crippen molar-refractivity contribution in [1.82, 2.24) is 9.88 Å². The Morgan fingerprint density at radius 1 is 1.29 bits per heavy atom. The van der Waals surface area contributed by atoms with Crippen LogP contribution in [0.15, 0.2) is 60.1 Å². The number of hydrogen-bond acceptors (Lipinski definition) is 6. The number of aliphatic imine (C=N–C) groups is 1. The number of aromatic nitrogens is 1. The lowest BCUT2D eigenvalue weighted by Gasteiger charge is -2.15. The van der Waals surface area contributed by atoms with Crippen LogP contribution in [0.4, 0.5) is 24.0 Å². The van der Waals surface area contributed by atoms with Crippen LogP contribution in [0, 0.1) is 0 Å². The maximum Gasteiger partial charge on any atom is 0.418 e. The van der Waals surface area contributed by atoms with E-state index in [2.05, 4.69) is 21.9 Å². The Balaban J connectivity index is 1.53. The highest BCUT2D eigenvalue weighted by Crippen LogP contribution is 2.38. The summed E-state index contributed by atoms with van der Waals surface area (Å²) < 4.78 is 40.9. The van der Waals surface area contributed by atoms with Crippen LogP contribution in [0.2, 0.25) is 5.02 Å². The van der Waals surface area contributed by atoms with E-state index < -0.39 is 28.6 Å². The molecule has 0 radical (unpaired) electrons. The van der Waals surface area contributed by atoms with Crippen LogP contribution in [0.3, 0.4) is 0 Å². The Morgan fingerprint density at radius 3 is 2.76 bits per heavy atom. The number of nitrogens with one attached hydrogen (secondary N) is 1. The second kappa shape index (κ2) is 9.77. The molecule has 3 aromatic rings. The van der Waals surface area contributed by atoms with E-state index in [1.54, 1.807) is 0 Å². The summed E-state index contributed by atoms with van der Waals surface area (Å²) in [5.41, 5.74) is -0.718. The highest BCUT2D eigenvalue weighted by molar-refractivity contribution is 8.15. The molecule has 4 rings (SSSR count). The Labute approximate surface area is 205 Å². The summed E-state index contributed by atoms with van der Waals surface area (Å²) in [5, 5.41) is 2.09. The first-order valence-electron chi connectivity index (χ1n) is 9.85. The molecule has 1 aliphatic heterocycles. The molecule has 1 aromatic heterocycles. The molecule has 12 heteroatoms. The van der Waals surface area contributed by atoms with Crippen molar-refractivity contribution in [2.75, 3.05) is 11.9 Å². The largest absolute Gasteiger partial charge is 0.418 e. The number of thioether (sulfide) groups is 1. The number of benzene rings is 2. The van der Waals surface area contributed by atoms with Crippen LogP contribution in [0.1, 0.15) is 12.0 Å². The molecule has 1 saturated heterocycles. The summed E-state index contributed by atoms with van der Waals surface area (Å²) in [5.74, 6) is -1.12. The number of amides is 2. The minimum absolute atomic E-state index is 0.109. The fourth-order valence-corrected chi connectivity index (χ4v) is 5.46. The van der Waals surface area contributed by atoms with Gasteiger partial charge >= 0.3 is 6.18 Å². The number of thiazole rings is 1. The molecule has 2 aromatic carbocycles. The van der Waals surface area contributed by atoms with Crippen molar-refractivity contribution in [1.29, 1.82) is 0 Å². The number of para-hydroxylation sites is 1. The van der Waals surface area contributed by atoms with E-state index >= 15 is 0 Å². The van der Waals surface area contributed by atoms with Gasteiger partial charge in [-0.15, -0.1) is 6.58 Å². The van der Waals surface area contributed by atoms with E-state index in [-0.39, 0.29) is 23.9 Å². The fourth-order valence-electron chi connectivity index (χ4n) is 3.24. The van der Waals surface area contributed by atoms with E-state index in [9.17, 15) is 22.8 Å². The lowest BCUT2D eigenvalue weighted by atomic mass is 10.1. The van der Waals surface area contributed by atoms with Crippen LogP contribution in [0.5, 0.6) is 0 Å². The lowest BCUT2D eigenvalue weighted by Crippen LogP contribution is -2.33. The first-order valence-corrected chi connectivity index (χ1v) is 11.9. The Kier molecular flexibility index (Phi) is 6.96. The van der Waals surface area contributed by atoms with Crippen molar-refractivity contribution in [2.45, 2.75) is 17.8 Å². The molecule has 0 aliphatic carbocycles. The number of hydrogen-bond donors (Lipinski definition) is 1. The number of carbonyl (C=O) groups excluding carboxylic acids is 2. The summed E-state index contributed by atoms with van der Waals surface area (Å²) in [6, 6.07) is 10.6. The molecule has 34 heavy (non-hydrogen) atoms. The standard InChI is InChI=1S/C22H16ClF3N4O2S2/c1-2-9-30-19(32)17(34-21(30)29-20-28-15-5-3-4-6-16(15)33-20)11-18(31)27-14-8-7-12(23)10-13(14)22(24,25)26/h2-8,10,17H,1,9,11H2,(H,27,31). The molecule has 6 nitrogen and oxygen atoms in total. The van der Waals surface area contributed by atoms with Gasteiger partial charge in [0, 0.05) is 18.0 Å². The third-order valence-corrected chi connectivity index (χ3v) is 7.08. The first kappa shape index (κ1) is 24.2. The topological polar surface area (TPSA) is 74.7 Å². The van der Waals surface area contributed by atoms with Crippen LogP contribution in [-0.4, -0.2) is 38.7 Å². The maximum absolute atomic E-state index is 13.3. The van der Waals surface area contributed by atoms with Crippen molar-refractivity contribution in [3.8, 4) is 0 Å². The third kappa shape index (κ3) is 5.26. The molecule has 1 atom stereocenters. The highest BCUT2D eigenvalue weighted by Gasteiger charge is 2.39. The maximum atomic E-state index is 13.3. The Bertz CT molecular complexity index is 1280. The number of amidine groups is 1. The number of halogens is 4. The predicted molar refractivity (Wildman–Crippen MR) is 130 cm³/mol. The molecule has 2 amide bonds.